The summed E-state index contributed by atoms with van der Waals surface area (Å²) in [5.74, 6) is -0.534. The zero-order chi connectivity index (χ0) is 20.6. The first-order valence-electron chi connectivity index (χ1n) is 9.10. The number of carbonyl (C=O) groups is 1. The lowest BCUT2D eigenvalue weighted by atomic mass is 10.1. The lowest BCUT2D eigenvalue weighted by Crippen LogP contribution is -2.15. The van der Waals surface area contributed by atoms with E-state index >= 15 is 0 Å². The number of H-pyrrole nitrogens is 1. The topological polar surface area (TPSA) is 104 Å². The summed E-state index contributed by atoms with van der Waals surface area (Å²) in [6, 6.07) is 10.7. The summed E-state index contributed by atoms with van der Waals surface area (Å²) >= 11 is 0. The molecule has 1 amide bonds. The molecule has 2 aromatic carbocycles. The van der Waals surface area contributed by atoms with Gasteiger partial charge < -0.3 is 5.32 Å². The fourth-order valence-electron chi connectivity index (χ4n) is 3.40. The monoisotopic (exact) mass is 414 g/mol. The molecule has 7 nitrogen and oxygen atoms in total. The molecule has 29 heavy (non-hydrogen) atoms. The van der Waals surface area contributed by atoms with Crippen molar-refractivity contribution in [3.8, 4) is 11.1 Å². The average Bonchev–Trinajstić information content (AvgIpc) is 2.91. The summed E-state index contributed by atoms with van der Waals surface area (Å²) in [7, 11) is -3.97. The van der Waals surface area contributed by atoms with E-state index in [1.165, 1.54) is 12.1 Å². The summed E-state index contributed by atoms with van der Waals surface area (Å²) in [5, 5.41) is 9.50. The summed E-state index contributed by atoms with van der Waals surface area (Å²) in [5.41, 5.74) is 2.52. The van der Waals surface area contributed by atoms with Crippen LogP contribution in [0.2, 0.25) is 0 Å². The van der Waals surface area contributed by atoms with Crippen molar-refractivity contribution in [1.29, 1.82) is 0 Å². The molecule has 0 aliphatic carbocycles. The number of anilines is 2. The number of sulfonamides is 1. The zero-order valence-corrected chi connectivity index (χ0v) is 16.4. The van der Waals surface area contributed by atoms with Crippen LogP contribution < -0.4 is 10.0 Å². The Kier molecular flexibility index (Phi) is 4.83. The van der Waals surface area contributed by atoms with E-state index < -0.39 is 15.8 Å². The number of benzene rings is 2. The third-order valence-corrected chi connectivity index (χ3v) is 6.17. The molecule has 0 atom stereocenters. The predicted octanol–water partition coefficient (Wildman–Crippen LogP) is 3.60. The summed E-state index contributed by atoms with van der Waals surface area (Å²) in [4.78, 5) is 11.7. The first-order valence-corrected chi connectivity index (χ1v) is 10.6. The van der Waals surface area contributed by atoms with Gasteiger partial charge in [-0.2, -0.15) is 5.10 Å². The second-order valence-corrected chi connectivity index (χ2v) is 8.56. The third-order valence-electron chi connectivity index (χ3n) is 4.83. The smallest absolute Gasteiger partial charge is 0.263 e. The Labute approximate surface area is 167 Å². The minimum absolute atomic E-state index is 0.0239. The molecule has 4 rings (SSSR count). The van der Waals surface area contributed by atoms with Crippen LogP contribution in [0, 0.1) is 12.7 Å². The van der Waals surface area contributed by atoms with Crippen molar-refractivity contribution in [1.82, 2.24) is 10.2 Å². The van der Waals surface area contributed by atoms with Crippen molar-refractivity contribution in [3.63, 3.8) is 0 Å². The van der Waals surface area contributed by atoms with Crippen molar-refractivity contribution in [2.75, 3.05) is 10.0 Å². The number of aromatic amines is 1. The number of nitrogens with one attached hydrogen (secondary N) is 3. The molecule has 3 N–H and O–H groups in total. The molecule has 0 saturated carbocycles. The number of aryl methyl sites for hydroxylation is 2. The number of amides is 1. The van der Waals surface area contributed by atoms with Crippen molar-refractivity contribution in [3.05, 3.63) is 59.5 Å². The van der Waals surface area contributed by atoms with Gasteiger partial charge in [0.05, 0.1) is 10.5 Å². The highest BCUT2D eigenvalue weighted by molar-refractivity contribution is 7.92. The zero-order valence-electron chi connectivity index (χ0n) is 15.6. The number of hydrogen-bond donors (Lipinski definition) is 3. The highest BCUT2D eigenvalue weighted by atomic mass is 32.2. The van der Waals surface area contributed by atoms with E-state index in [2.05, 4.69) is 20.2 Å². The van der Waals surface area contributed by atoms with Crippen molar-refractivity contribution < 1.29 is 17.6 Å². The first kappa shape index (κ1) is 19.1. The maximum absolute atomic E-state index is 14.3. The van der Waals surface area contributed by atoms with E-state index in [1.54, 1.807) is 37.3 Å². The van der Waals surface area contributed by atoms with Gasteiger partial charge in [0.15, 0.2) is 5.82 Å². The van der Waals surface area contributed by atoms with Crippen LogP contribution in [-0.2, 0) is 21.2 Å². The third kappa shape index (κ3) is 3.73. The molecule has 0 spiro atoms. The largest absolute Gasteiger partial charge is 0.326 e. The summed E-state index contributed by atoms with van der Waals surface area (Å²) < 4.78 is 42.7. The first-order chi connectivity index (χ1) is 13.8. The second kappa shape index (κ2) is 7.32. The van der Waals surface area contributed by atoms with Crippen LogP contribution >= 0.6 is 0 Å². The van der Waals surface area contributed by atoms with Crippen molar-refractivity contribution in [2.45, 2.75) is 31.1 Å². The van der Waals surface area contributed by atoms with E-state index in [9.17, 15) is 17.6 Å². The summed E-state index contributed by atoms with van der Waals surface area (Å²) in [6.07, 6.45) is 1.64. The molecule has 0 fully saturated rings. The number of fused-ring (bicyclic) bond motifs is 1. The maximum Gasteiger partial charge on any atom is 0.263 e. The van der Waals surface area contributed by atoms with Gasteiger partial charge in [-0.1, -0.05) is 18.2 Å². The van der Waals surface area contributed by atoms with Gasteiger partial charge in [0, 0.05) is 23.4 Å². The molecule has 2 heterocycles. The van der Waals surface area contributed by atoms with Crippen molar-refractivity contribution >= 4 is 27.4 Å². The normalized spacial score (nSPS) is 14.1. The van der Waals surface area contributed by atoms with Crippen LogP contribution in [0.15, 0.2) is 47.4 Å². The minimum atomic E-state index is -3.97. The fraction of sp³-hybridized carbons (Fsp3) is 0.200. The van der Waals surface area contributed by atoms with Gasteiger partial charge in [0.25, 0.3) is 10.0 Å². The van der Waals surface area contributed by atoms with Gasteiger partial charge in [0.2, 0.25) is 5.91 Å². The van der Waals surface area contributed by atoms with Crippen LogP contribution in [0.5, 0.6) is 0 Å². The fourth-order valence-corrected chi connectivity index (χ4v) is 4.47. The highest BCUT2D eigenvalue weighted by Gasteiger charge is 2.23. The van der Waals surface area contributed by atoms with Crippen molar-refractivity contribution in [2.24, 2.45) is 0 Å². The van der Waals surface area contributed by atoms with Crippen LogP contribution in [0.25, 0.3) is 11.1 Å². The molecular weight excluding hydrogens is 395 g/mol. The van der Waals surface area contributed by atoms with Gasteiger partial charge in [-0.25, -0.2) is 12.8 Å². The van der Waals surface area contributed by atoms with E-state index in [1.807, 2.05) is 0 Å². The van der Waals surface area contributed by atoms with Gasteiger partial charge in [-0.15, -0.1) is 0 Å². The number of rotatable bonds is 4. The van der Waals surface area contributed by atoms with Gasteiger partial charge in [-0.05, 0) is 49.6 Å². The Morgan fingerprint density at radius 3 is 2.72 bits per heavy atom. The molecular formula is C20H19FN4O3S. The second-order valence-electron chi connectivity index (χ2n) is 6.88. The lowest BCUT2D eigenvalue weighted by molar-refractivity contribution is -0.116. The predicted molar refractivity (Wildman–Crippen MR) is 108 cm³/mol. The molecule has 1 aromatic heterocycles. The summed E-state index contributed by atoms with van der Waals surface area (Å²) in [6.45, 7) is 1.69. The maximum atomic E-state index is 14.3. The van der Waals surface area contributed by atoms with E-state index in [0.29, 0.717) is 36.2 Å². The average molecular weight is 414 g/mol. The molecule has 0 radical (unpaired) electrons. The molecule has 0 saturated heterocycles. The Bertz CT molecular complexity index is 1200. The molecule has 0 bridgehead atoms. The van der Waals surface area contributed by atoms with E-state index in [0.717, 1.165) is 5.56 Å². The van der Waals surface area contributed by atoms with Crippen LogP contribution in [0.3, 0.4) is 0 Å². The highest BCUT2D eigenvalue weighted by Crippen LogP contribution is 2.33. The van der Waals surface area contributed by atoms with E-state index in [-0.39, 0.29) is 22.2 Å². The number of nitrogens with zero attached hydrogens (tertiary/aromatic N) is 1. The number of aromatic nitrogens is 2. The quantitative estimate of drug-likeness (QED) is 0.607. The Morgan fingerprint density at radius 1 is 1.14 bits per heavy atom. The van der Waals surface area contributed by atoms with Crippen LogP contribution in [0.1, 0.15) is 24.1 Å². The Balaban J connectivity index is 1.70. The Hall–Kier alpha value is -3.20. The Morgan fingerprint density at radius 2 is 1.93 bits per heavy atom. The molecule has 1 aliphatic rings. The molecule has 1 aliphatic heterocycles. The van der Waals surface area contributed by atoms with Gasteiger partial charge >= 0.3 is 0 Å². The lowest BCUT2D eigenvalue weighted by Gasteiger charge is -2.12. The van der Waals surface area contributed by atoms with E-state index in [4.69, 9.17) is 0 Å². The van der Waals surface area contributed by atoms with Crippen LogP contribution in [-0.4, -0.2) is 24.5 Å². The number of hydrogen-bond acceptors (Lipinski definition) is 4. The van der Waals surface area contributed by atoms with Crippen LogP contribution in [0.4, 0.5) is 15.9 Å². The van der Waals surface area contributed by atoms with Gasteiger partial charge in [0.1, 0.15) is 5.82 Å². The number of carbonyl (C=O) groups excluding carboxylic acids is 1. The number of halogens is 1. The molecule has 3 aromatic rings. The molecule has 9 heteroatoms. The standard InChI is InChI=1S/C20H19FN4O3S/c1-12-19(15-6-2-3-7-16(15)21)20(24-23-12)25-29(27,28)14-9-10-17-13(11-14)5-4-8-18(26)22-17/h2-3,6-7,9-11H,4-5,8H2,1H3,(H,22,26)(H2,23,24,25). The van der Waals surface area contributed by atoms with Gasteiger partial charge in [-0.3, -0.25) is 14.6 Å². The molecule has 150 valence electrons. The molecule has 0 unspecified atom stereocenters. The minimum Gasteiger partial charge on any atom is -0.326 e. The SMILES string of the molecule is Cc1[nH]nc(NS(=O)(=O)c2ccc3c(c2)CCCC(=O)N3)c1-c1ccccc1F.